The van der Waals surface area contributed by atoms with Crippen molar-refractivity contribution in [3.63, 3.8) is 0 Å². The van der Waals surface area contributed by atoms with E-state index in [0.29, 0.717) is 5.69 Å². The number of pyridine rings is 1. The van der Waals surface area contributed by atoms with Crippen LogP contribution in [0.3, 0.4) is 0 Å². The van der Waals surface area contributed by atoms with Gasteiger partial charge in [-0.25, -0.2) is 13.8 Å². The monoisotopic (exact) mass is 293 g/mol. The van der Waals surface area contributed by atoms with E-state index in [0.717, 1.165) is 0 Å². The Morgan fingerprint density at radius 1 is 1.52 bits per heavy atom. The Hall–Kier alpha value is -1.96. The standard InChI is InChI=1S/C16H17F2NO2/c1-2-21-15(20)14-11-16(17,18)9-8-12(14)6-7-13-5-3-4-10-19-13/h3-5,10,12,14H,2,8-9,11H2,1H3. The molecule has 5 heteroatoms. The van der Waals surface area contributed by atoms with E-state index >= 15 is 0 Å². The molecule has 0 bridgehead atoms. The lowest BCUT2D eigenvalue weighted by Gasteiger charge is -2.31. The molecule has 2 unspecified atom stereocenters. The highest BCUT2D eigenvalue weighted by Gasteiger charge is 2.44. The van der Waals surface area contributed by atoms with Crippen molar-refractivity contribution in [2.24, 2.45) is 11.8 Å². The highest BCUT2D eigenvalue weighted by molar-refractivity contribution is 5.73. The van der Waals surface area contributed by atoms with Gasteiger partial charge in [0, 0.05) is 25.0 Å². The second-order valence-electron chi connectivity index (χ2n) is 5.05. The van der Waals surface area contributed by atoms with Crippen molar-refractivity contribution < 1.29 is 18.3 Å². The minimum absolute atomic E-state index is 0.182. The summed E-state index contributed by atoms with van der Waals surface area (Å²) in [5, 5.41) is 0. The maximum absolute atomic E-state index is 13.5. The zero-order valence-corrected chi connectivity index (χ0v) is 11.8. The van der Waals surface area contributed by atoms with Gasteiger partial charge in [-0.3, -0.25) is 4.79 Å². The van der Waals surface area contributed by atoms with Crippen molar-refractivity contribution >= 4 is 5.97 Å². The lowest BCUT2D eigenvalue weighted by atomic mass is 9.77. The quantitative estimate of drug-likeness (QED) is 0.621. The summed E-state index contributed by atoms with van der Waals surface area (Å²) in [6.45, 7) is 1.84. The van der Waals surface area contributed by atoms with E-state index in [1.54, 1.807) is 31.3 Å². The van der Waals surface area contributed by atoms with Gasteiger partial charge in [0.1, 0.15) is 5.69 Å². The molecule has 0 amide bonds. The molecule has 2 atom stereocenters. The number of carbonyl (C=O) groups excluding carboxylic acids is 1. The van der Waals surface area contributed by atoms with Crippen LogP contribution in [0.1, 0.15) is 31.9 Å². The maximum atomic E-state index is 13.5. The summed E-state index contributed by atoms with van der Waals surface area (Å²) in [5.41, 5.74) is 0.567. The summed E-state index contributed by atoms with van der Waals surface area (Å²) in [7, 11) is 0. The van der Waals surface area contributed by atoms with E-state index in [9.17, 15) is 13.6 Å². The Balaban J connectivity index is 2.16. The van der Waals surface area contributed by atoms with Crippen molar-refractivity contribution in [1.82, 2.24) is 4.98 Å². The number of hydrogen-bond donors (Lipinski definition) is 0. The Kier molecular flexibility index (Phi) is 4.89. The van der Waals surface area contributed by atoms with Gasteiger partial charge >= 0.3 is 5.97 Å². The normalized spacial score (nSPS) is 23.8. The lowest BCUT2D eigenvalue weighted by molar-refractivity contribution is -0.157. The number of esters is 1. The van der Waals surface area contributed by atoms with E-state index in [-0.39, 0.29) is 19.4 Å². The molecule has 1 heterocycles. The topological polar surface area (TPSA) is 39.2 Å². The SMILES string of the molecule is CCOC(=O)C1CC(F)(F)CCC1C#Cc1ccccn1. The molecule has 1 aromatic heterocycles. The fourth-order valence-electron chi connectivity index (χ4n) is 2.41. The third kappa shape index (κ3) is 4.25. The number of nitrogens with zero attached hydrogens (tertiary/aromatic N) is 1. The van der Waals surface area contributed by atoms with Gasteiger partial charge < -0.3 is 4.74 Å². The first-order valence-electron chi connectivity index (χ1n) is 6.99. The van der Waals surface area contributed by atoms with Crippen molar-refractivity contribution in [2.45, 2.75) is 32.1 Å². The molecular formula is C16H17F2NO2. The maximum Gasteiger partial charge on any atom is 0.310 e. The van der Waals surface area contributed by atoms with Crippen LogP contribution in [0.4, 0.5) is 8.78 Å². The lowest BCUT2D eigenvalue weighted by Crippen LogP contribution is -2.37. The average Bonchev–Trinajstić information content (AvgIpc) is 2.46. The van der Waals surface area contributed by atoms with Gasteiger partial charge in [0.2, 0.25) is 5.92 Å². The van der Waals surface area contributed by atoms with E-state index in [4.69, 9.17) is 4.74 Å². The first-order chi connectivity index (χ1) is 10.0. The molecule has 1 saturated carbocycles. The molecule has 1 aliphatic carbocycles. The predicted molar refractivity (Wildman–Crippen MR) is 73.5 cm³/mol. The van der Waals surface area contributed by atoms with Crippen LogP contribution < -0.4 is 0 Å². The molecule has 0 radical (unpaired) electrons. The molecule has 0 N–H and O–H groups in total. The number of carbonyl (C=O) groups is 1. The number of halogens is 2. The van der Waals surface area contributed by atoms with Crippen LogP contribution in [0, 0.1) is 23.7 Å². The summed E-state index contributed by atoms with van der Waals surface area (Å²) in [6, 6.07) is 5.31. The Morgan fingerprint density at radius 3 is 3.00 bits per heavy atom. The molecule has 0 aromatic carbocycles. The molecular weight excluding hydrogens is 276 g/mol. The number of alkyl halides is 2. The van der Waals surface area contributed by atoms with E-state index in [1.807, 2.05) is 0 Å². The fourth-order valence-corrected chi connectivity index (χ4v) is 2.41. The summed E-state index contributed by atoms with van der Waals surface area (Å²) >= 11 is 0. The van der Waals surface area contributed by atoms with Crippen molar-refractivity contribution in [3.05, 3.63) is 30.1 Å². The molecule has 2 rings (SSSR count). The molecule has 1 fully saturated rings. The minimum Gasteiger partial charge on any atom is -0.466 e. The van der Waals surface area contributed by atoms with Gasteiger partial charge in [0.15, 0.2) is 0 Å². The largest absolute Gasteiger partial charge is 0.466 e. The van der Waals surface area contributed by atoms with Crippen LogP contribution in [0.2, 0.25) is 0 Å². The van der Waals surface area contributed by atoms with Crippen LogP contribution in [-0.4, -0.2) is 23.5 Å². The molecule has 0 aliphatic heterocycles. The summed E-state index contributed by atoms with van der Waals surface area (Å²) in [4.78, 5) is 15.9. The third-order valence-corrected chi connectivity index (χ3v) is 3.47. The van der Waals surface area contributed by atoms with E-state index < -0.39 is 30.1 Å². The van der Waals surface area contributed by atoms with Gasteiger partial charge in [-0.05, 0) is 31.4 Å². The number of hydrogen-bond acceptors (Lipinski definition) is 3. The molecule has 1 aliphatic rings. The van der Waals surface area contributed by atoms with Crippen LogP contribution in [0.15, 0.2) is 24.4 Å². The van der Waals surface area contributed by atoms with Gasteiger partial charge in [-0.15, -0.1) is 0 Å². The molecule has 0 spiro atoms. The van der Waals surface area contributed by atoms with Crippen molar-refractivity contribution in [2.75, 3.05) is 6.61 Å². The highest BCUT2D eigenvalue weighted by Crippen LogP contribution is 2.40. The smallest absolute Gasteiger partial charge is 0.310 e. The number of aromatic nitrogens is 1. The Morgan fingerprint density at radius 2 is 2.33 bits per heavy atom. The van der Waals surface area contributed by atoms with Gasteiger partial charge in [-0.1, -0.05) is 12.0 Å². The molecule has 1 aromatic rings. The van der Waals surface area contributed by atoms with Gasteiger partial charge in [-0.2, -0.15) is 0 Å². The third-order valence-electron chi connectivity index (χ3n) is 3.47. The Bertz CT molecular complexity index is 548. The zero-order chi connectivity index (χ0) is 15.3. The zero-order valence-electron chi connectivity index (χ0n) is 11.8. The fraction of sp³-hybridized carbons (Fsp3) is 0.500. The highest BCUT2D eigenvalue weighted by atomic mass is 19.3. The number of ether oxygens (including phenoxy) is 1. The molecule has 112 valence electrons. The predicted octanol–water partition coefficient (Wildman–Crippen LogP) is 3.05. The number of rotatable bonds is 2. The van der Waals surface area contributed by atoms with Gasteiger partial charge in [0.05, 0.1) is 12.5 Å². The average molecular weight is 293 g/mol. The van der Waals surface area contributed by atoms with Crippen molar-refractivity contribution in [3.8, 4) is 11.8 Å². The van der Waals surface area contributed by atoms with Crippen LogP contribution in [0.5, 0.6) is 0 Å². The van der Waals surface area contributed by atoms with Crippen LogP contribution in [-0.2, 0) is 9.53 Å². The van der Waals surface area contributed by atoms with Crippen LogP contribution in [0.25, 0.3) is 0 Å². The summed E-state index contributed by atoms with van der Waals surface area (Å²) in [6.07, 6.45) is 1.07. The molecule has 0 saturated heterocycles. The van der Waals surface area contributed by atoms with E-state index in [2.05, 4.69) is 16.8 Å². The van der Waals surface area contributed by atoms with E-state index in [1.165, 1.54) is 0 Å². The first kappa shape index (κ1) is 15.4. The molecule has 3 nitrogen and oxygen atoms in total. The van der Waals surface area contributed by atoms with Crippen molar-refractivity contribution in [1.29, 1.82) is 0 Å². The molecule has 21 heavy (non-hydrogen) atoms. The second-order valence-corrected chi connectivity index (χ2v) is 5.05. The minimum atomic E-state index is -2.82. The van der Waals surface area contributed by atoms with Crippen LogP contribution >= 0.6 is 0 Å². The summed E-state index contributed by atoms with van der Waals surface area (Å²) in [5.74, 6) is 1.09. The Labute approximate surface area is 122 Å². The second kappa shape index (κ2) is 6.66. The summed E-state index contributed by atoms with van der Waals surface area (Å²) < 4.78 is 31.9. The van der Waals surface area contributed by atoms with Gasteiger partial charge in [0.25, 0.3) is 0 Å². The first-order valence-corrected chi connectivity index (χ1v) is 6.99.